The fraction of sp³-hybridized carbons (Fsp3) is 0.250. The van der Waals surface area contributed by atoms with Crippen LogP contribution >= 0.6 is 0 Å². The molecule has 2 N–H and O–H groups in total. The van der Waals surface area contributed by atoms with Gasteiger partial charge in [-0.25, -0.2) is 4.39 Å². The third kappa shape index (κ3) is 1.54. The van der Waals surface area contributed by atoms with E-state index in [-0.39, 0.29) is 11.2 Å². The highest BCUT2D eigenvalue weighted by molar-refractivity contribution is 6.58. The Hall–Kier alpha value is -1.27. The van der Waals surface area contributed by atoms with E-state index in [1.807, 2.05) is 0 Å². The molecule has 1 aliphatic heterocycles. The summed E-state index contributed by atoms with van der Waals surface area (Å²) in [5, 5.41) is 17.7. The minimum absolute atomic E-state index is 0.214. The second kappa shape index (κ2) is 3.47. The zero-order chi connectivity index (χ0) is 10.1. The Morgan fingerprint density at radius 3 is 2.29 bits per heavy atom. The van der Waals surface area contributed by atoms with Crippen LogP contribution in [0.2, 0.25) is 0 Å². The van der Waals surface area contributed by atoms with Crippen LogP contribution in [0, 0.1) is 5.82 Å². The lowest BCUT2D eigenvalue weighted by atomic mass is 9.79. The van der Waals surface area contributed by atoms with Crippen molar-refractivity contribution in [3.05, 3.63) is 17.9 Å². The maximum atomic E-state index is 13.2. The second-order valence-corrected chi connectivity index (χ2v) is 2.89. The van der Waals surface area contributed by atoms with Crippen LogP contribution < -0.4 is 14.9 Å². The topological polar surface area (TPSA) is 58.9 Å². The van der Waals surface area contributed by atoms with Gasteiger partial charge in [0.05, 0.1) is 0 Å². The van der Waals surface area contributed by atoms with Gasteiger partial charge in [0.25, 0.3) is 0 Å². The summed E-state index contributed by atoms with van der Waals surface area (Å²) in [6.07, 6.45) is 0. The van der Waals surface area contributed by atoms with Gasteiger partial charge in [0.2, 0.25) is 0 Å². The van der Waals surface area contributed by atoms with E-state index in [0.717, 1.165) is 6.07 Å². The van der Waals surface area contributed by atoms with Crippen molar-refractivity contribution in [3.8, 4) is 11.5 Å². The Balaban J connectivity index is 2.45. The molecule has 1 heterocycles. The van der Waals surface area contributed by atoms with E-state index in [1.165, 1.54) is 6.07 Å². The van der Waals surface area contributed by atoms with Gasteiger partial charge in [0.1, 0.15) is 19.0 Å². The first-order chi connectivity index (χ1) is 6.68. The highest BCUT2D eigenvalue weighted by Gasteiger charge is 2.22. The maximum Gasteiger partial charge on any atom is 0.491 e. The van der Waals surface area contributed by atoms with Crippen LogP contribution in [0.5, 0.6) is 11.5 Å². The molecule has 0 spiro atoms. The molecule has 1 aliphatic rings. The average molecular weight is 198 g/mol. The predicted molar refractivity (Wildman–Crippen MR) is 47.2 cm³/mol. The van der Waals surface area contributed by atoms with Crippen LogP contribution in [0.15, 0.2) is 12.1 Å². The lowest BCUT2D eigenvalue weighted by molar-refractivity contribution is 0.171. The Morgan fingerprint density at radius 2 is 1.71 bits per heavy atom. The largest absolute Gasteiger partial charge is 0.491 e. The van der Waals surface area contributed by atoms with Crippen LogP contribution in [0.25, 0.3) is 0 Å². The van der Waals surface area contributed by atoms with E-state index >= 15 is 0 Å². The lowest BCUT2D eigenvalue weighted by Gasteiger charge is -2.19. The average Bonchev–Trinajstić information content (AvgIpc) is 2.16. The highest BCUT2D eigenvalue weighted by Crippen LogP contribution is 2.29. The Bertz CT molecular complexity index is 355. The summed E-state index contributed by atoms with van der Waals surface area (Å²) in [5.41, 5.74) is -0.214. The Labute approximate surface area is 80.0 Å². The van der Waals surface area contributed by atoms with Crippen molar-refractivity contribution < 1.29 is 23.9 Å². The number of rotatable bonds is 1. The second-order valence-electron chi connectivity index (χ2n) is 2.89. The fourth-order valence-electron chi connectivity index (χ4n) is 1.28. The molecule has 0 saturated carbocycles. The molecule has 2 rings (SSSR count). The molecule has 0 aliphatic carbocycles. The van der Waals surface area contributed by atoms with Crippen LogP contribution in [0.3, 0.4) is 0 Å². The van der Waals surface area contributed by atoms with Crippen LogP contribution in [0.1, 0.15) is 0 Å². The van der Waals surface area contributed by atoms with Crippen LogP contribution in [-0.2, 0) is 0 Å². The van der Waals surface area contributed by atoms with Crippen LogP contribution in [-0.4, -0.2) is 30.4 Å². The normalized spacial score (nSPS) is 13.9. The van der Waals surface area contributed by atoms with E-state index < -0.39 is 12.9 Å². The van der Waals surface area contributed by atoms with Gasteiger partial charge in [-0.05, 0) is 6.07 Å². The minimum Gasteiger partial charge on any atom is -0.486 e. The molecule has 0 amide bonds. The predicted octanol–water partition coefficient (Wildman–Crippen LogP) is -0.723. The molecule has 1 aromatic carbocycles. The number of ether oxygens (including phenoxy) is 2. The molecule has 1 aromatic rings. The molecule has 0 saturated heterocycles. The first kappa shape index (κ1) is 9.30. The van der Waals surface area contributed by atoms with Crippen molar-refractivity contribution in [3.63, 3.8) is 0 Å². The van der Waals surface area contributed by atoms with Gasteiger partial charge in [-0.2, -0.15) is 0 Å². The number of benzene rings is 1. The van der Waals surface area contributed by atoms with Crippen LogP contribution in [0.4, 0.5) is 4.39 Å². The summed E-state index contributed by atoms with van der Waals surface area (Å²) in [6.45, 7) is 0.743. The van der Waals surface area contributed by atoms with Crippen molar-refractivity contribution >= 4 is 12.6 Å². The maximum absolute atomic E-state index is 13.2. The monoisotopic (exact) mass is 198 g/mol. The quantitative estimate of drug-likeness (QED) is 0.584. The molecule has 6 heteroatoms. The first-order valence-corrected chi connectivity index (χ1v) is 4.13. The zero-order valence-corrected chi connectivity index (χ0v) is 7.24. The van der Waals surface area contributed by atoms with Gasteiger partial charge in [0.15, 0.2) is 11.5 Å². The SMILES string of the molecule is OB(O)c1cc2c(cc1F)OCCO2. The van der Waals surface area contributed by atoms with Crippen molar-refractivity contribution in [2.24, 2.45) is 0 Å². The van der Waals surface area contributed by atoms with Crippen molar-refractivity contribution in [1.29, 1.82) is 0 Å². The fourth-order valence-corrected chi connectivity index (χ4v) is 1.28. The smallest absolute Gasteiger partial charge is 0.486 e. The third-order valence-electron chi connectivity index (χ3n) is 1.94. The molecule has 74 valence electrons. The number of hydrogen-bond acceptors (Lipinski definition) is 4. The molecular weight excluding hydrogens is 190 g/mol. The molecule has 0 aromatic heterocycles. The molecule has 0 atom stereocenters. The van der Waals surface area contributed by atoms with E-state index in [9.17, 15) is 4.39 Å². The van der Waals surface area contributed by atoms with Crippen molar-refractivity contribution in [2.45, 2.75) is 0 Å². The van der Waals surface area contributed by atoms with E-state index in [2.05, 4.69) is 0 Å². The summed E-state index contributed by atoms with van der Waals surface area (Å²) in [7, 11) is -1.84. The Kier molecular flexibility index (Phi) is 2.31. The van der Waals surface area contributed by atoms with E-state index in [1.54, 1.807) is 0 Å². The summed E-state index contributed by atoms with van der Waals surface area (Å²) < 4.78 is 23.4. The molecule has 0 radical (unpaired) electrons. The summed E-state index contributed by atoms with van der Waals surface area (Å²) >= 11 is 0. The van der Waals surface area contributed by atoms with Gasteiger partial charge in [0, 0.05) is 11.5 Å². The minimum atomic E-state index is -1.84. The van der Waals surface area contributed by atoms with E-state index in [4.69, 9.17) is 19.5 Å². The summed E-state index contributed by atoms with van der Waals surface area (Å²) in [4.78, 5) is 0. The van der Waals surface area contributed by atoms with Crippen molar-refractivity contribution in [2.75, 3.05) is 13.2 Å². The molecule has 0 unspecified atom stereocenters. The van der Waals surface area contributed by atoms with Crippen molar-refractivity contribution in [1.82, 2.24) is 0 Å². The Morgan fingerprint density at radius 1 is 1.14 bits per heavy atom. The number of hydrogen-bond donors (Lipinski definition) is 2. The number of halogens is 1. The molecule has 0 fully saturated rings. The molecular formula is C8H8BFO4. The molecule has 0 bridgehead atoms. The van der Waals surface area contributed by atoms with Gasteiger partial charge in [-0.1, -0.05) is 0 Å². The summed E-state index contributed by atoms with van der Waals surface area (Å²) in [6, 6.07) is 2.32. The van der Waals surface area contributed by atoms with Gasteiger partial charge >= 0.3 is 7.12 Å². The van der Waals surface area contributed by atoms with Gasteiger partial charge in [-0.3, -0.25) is 0 Å². The summed E-state index contributed by atoms with van der Waals surface area (Å²) in [5.74, 6) is -0.0943. The standard InChI is InChI=1S/C8H8BFO4/c10-6-4-8-7(13-1-2-14-8)3-5(6)9(11)12/h3-4,11-12H,1-2H2. The third-order valence-corrected chi connectivity index (χ3v) is 1.94. The lowest BCUT2D eigenvalue weighted by Crippen LogP contribution is -2.33. The molecule has 4 nitrogen and oxygen atoms in total. The molecule has 14 heavy (non-hydrogen) atoms. The van der Waals surface area contributed by atoms with Gasteiger partial charge in [-0.15, -0.1) is 0 Å². The number of fused-ring (bicyclic) bond motifs is 1. The first-order valence-electron chi connectivity index (χ1n) is 4.13. The van der Waals surface area contributed by atoms with E-state index in [0.29, 0.717) is 19.0 Å². The zero-order valence-electron chi connectivity index (χ0n) is 7.24. The highest BCUT2D eigenvalue weighted by atomic mass is 19.1. The van der Waals surface area contributed by atoms with Gasteiger partial charge < -0.3 is 19.5 Å².